The quantitative estimate of drug-likeness (QED) is 0.645. The van der Waals surface area contributed by atoms with Crippen molar-refractivity contribution in [2.45, 2.75) is 0 Å². The van der Waals surface area contributed by atoms with Crippen molar-refractivity contribution in [2.75, 3.05) is 45.0 Å². The Bertz CT molecular complexity index is 1110. The molecule has 2 aliphatic rings. The standard InChI is InChI=1S/C23H22N4O4/c1-29-19-5-3-2-4-17(19)22(28)26-10-12-27(13-11-26)23-24-9-8-18(25-23)16-6-7-20-21(14-16)31-15-30-20/h2-9,14H,10-13,15H2,1H3. The van der Waals surface area contributed by atoms with Gasteiger partial charge in [-0.25, -0.2) is 9.97 Å². The van der Waals surface area contributed by atoms with E-state index in [-0.39, 0.29) is 12.7 Å². The fraction of sp³-hybridized carbons (Fsp3) is 0.261. The highest BCUT2D eigenvalue weighted by Gasteiger charge is 2.25. The number of hydrogen-bond acceptors (Lipinski definition) is 7. The van der Waals surface area contributed by atoms with Crippen molar-refractivity contribution in [2.24, 2.45) is 0 Å². The molecule has 158 valence electrons. The number of carbonyl (C=O) groups is 1. The second-order valence-corrected chi connectivity index (χ2v) is 7.29. The zero-order valence-electron chi connectivity index (χ0n) is 17.2. The number of methoxy groups -OCH3 is 1. The van der Waals surface area contributed by atoms with Gasteiger partial charge in [0.25, 0.3) is 5.91 Å². The maximum atomic E-state index is 12.9. The number of ether oxygens (including phenoxy) is 3. The maximum Gasteiger partial charge on any atom is 0.257 e. The Morgan fingerprint density at radius 2 is 1.81 bits per heavy atom. The summed E-state index contributed by atoms with van der Waals surface area (Å²) < 4.78 is 16.2. The van der Waals surface area contributed by atoms with Crippen LogP contribution in [0.5, 0.6) is 17.2 Å². The zero-order chi connectivity index (χ0) is 21.2. The summed E-state index contributed by atoms with van der Waals surface area (Å²) in [6.45, 7) is 2.74. The minimum Gasteiger partial charge on any atom is -0.496 e. The second kappa shape index (κ2) is 8.14. The van der Waals surface area contributed by atoms with Crippen LogP contribution in [0.15, 0.2) is 54.7 Å². The Kier molecular flexibility index (Phi) is 5.03. The van der Waals surface area contributed by atoms with Crippen molar-refractivity contribution < 1.29 is 19.0 Å². The summed E-state index contributed by atoms with van der Waals surface area (Å²) in [4.78, 5) is 26.1. The van der Waals surface area contributed by atoms with Gasteiger partial charge < -0.3 is 24.0 Å². The van der Waals surface area contributed by atoms with Crippen LogP contribution in [0.3, 0.4) is 0 Å². The van der Waals surface area contributed by atoms with Gasteiger partial charge in [0, 0.05) is 37.9 Å². The van der Waals surface area contributed by atoms with E-state index in [4.69, 9.17) is 19.2 Å². The molecule has 1 aromatic heterocycles. The van der Waals surface area contributed by atoms with Gasteiger partial charge in [-0.15, -0.1) is 0 Å². The molecule has 8 heteroatoms. The molecule has 3 aromatic rings. The fourth-order valence-corrected chi connectivity index (χ4v) is 3.82. The van der Waals surface area contributed by atoms with Crippen LogP contribution in [-0.2, 0) is 0 Å². The molecule has 0 N–H and O–H groups in total. The summed E-state index contributed by atoms with van der Waals surface area (Å²) in [5.41, 5.74) is 2.34. The number of hydrogen-bond donors (Lipinski definition) is 0. The predicted octanol–water partition coefficient (Wildman–Crippen LogP) is 2.84. The molecule has 2 aliphatic heterocycles. The van der Waals surface area contributed by atoms with Crippen LogP contribution < -0.4 is 19.1 Å². The highest BCUT2D eigenvalue weighted by molar-refractivity contribution is 5.97. The lowest BCUT2D eigenvalue weighted by molar-refractivity contribution is 0.0743. The largest absolute Gasteiger partial charge is 0.496 e. The van der Waals surface area contributed by atoms with Crippen LogP contribution >= 0.6 is 0 Å². The molecule has 0 aliphatic carbocycles. The third-order valence-corrected chi connectivity index (χ3v) is 5.50. The van der Waals surface area contributed by atoms with Gasteiger partial charge in [0.05, 0.1) is 18.4 Å². The lowest BCUT2D eigenvalue weighted by Gasteiger charge is -2.35. The molecule has 0 saturated carbocycles. The number of para-hydroxylation sites is 1. The van der Waals surface area contributed by atoms with Crippen molar-refractivity contribution in [3.05, 3.63) is 60.3 Å². The minimum atomic E-state index is -0.0212. The summed E-state index contributed by atoms with van der Waals surface area (Å²) in [7, 11) is 1.58. The number of aromatic nitrogens is 2. The summed E-state index contributed by atoms with van der Waals surface area (Å²) >= 11 is 0. The number of nitrogens with zero attached hydrogens (tertiary/aromatic N) is 4. The predicted molar refractivity (Wildman–Crippen MR) is 115 cm³/mol. The number of amides is 1. The Morgan fingerprint density at radius 1 is 1.00 bits per heavy atom. The lowest BCUT2D eigenvalue weighted by Crippen LogP contribution is -2.49. The maximum absolute atomic E-state index is 12.9. The fourth-order valence-electron chi connectivity index (χ4n) is 3.82. The second-order valence-electron chi connectivity index (χ2n) is 7.29. The molecule has 31 heavy (non-hydrogen) atoms. The third-order valence-electron chi connectivity index (χ3n) is 5.50. The van der Waals surface area contributed by atoms with Crippen molar-refractivity contribution >= 4 is 11.9 Å². The van der Waals surface area contributed by atoms with Gasteiger partial charge in [-0.2, -0.15) is 0 Å². The summed E-state index contributed by atoms with van der Waals surface area (Å²) in [5.74, 6) is 2.69. The molecule has 3 heterocycles. The molecule has 2 aromatic carbocycles. The molecule has 5 rings (SSSR count). The third kappa shape index (κ3) is 3.72. The molecule has 1 fully saturated rings. The first-order valence-corrected chi connectivity index (χ1v) is 10.1. The molecule has 8 nitrogen and oxygen atoms in total. The molecule has 0 unspecified atom stereocenters. The van der Waals surface area contributed by atoms with Gasteiger partial charge in [0.2, 0.25) is 12.7 Å². The van der Waals surface area contributed by atoms with Crippen LogP contribution in [0.4, 0.5) is 5.95 Å². The molecule has 1 saturated heterocycles. The van der Waals surface area contributed by atoms with Crippen LogP contribution in [0.1, 0.15) is 10.4 Å². The summed E-state index contributed by atoms with van der Waals surface area (Å²) in [6.07, 6.45) is 1.76. The average molecular weight is 418 g/mol. The number of carbonyl (C=O) groups excluding carboxylic acids is 1. The molecular formula is C23H22N4O4. The van der Waals surface area contributed by atoms with Crippen LogP contribution in [0.25, 0.3) is 11.3 Å². The number of benzene rings is 2. The number of fused-ring (bicyclic) bond motifs is 1. The normalized spacial score (nSPS) is 15.1. The van der Waals surface area contributed by atoms with E-state index < -0.39 is 0 Å². The molecule has 0 bridgehead atoms. The Morgan fingerprint density at radius 3 is 2.65 bits per heavy atom. The first-order chi connectivity index (χ1) is 15.2. The van der Waals surface area contributed by atoms with Gasteiger partial charge >= 0.3 is 0 Å². The van der Waals surface area contributed by atoms with Gasteiger partial charge in [0.15, 0.2) is 11.5 Å². The van der Waals surface area contributed by atoms with E-state index in [9.17, 15) is 4.79 Å². The number of anilines is 1. The van der Waals surface area contributed by atoms with E-state index in [1.165, 1.54) is 0 Å². The minimum absolute atomic E-state index is 0.0212. The van der Waals surface area contributed by atoms with E-state index in [1.54, 1.807) is 25.4 Å². The highest BCUT2D eigenvalue weighted by atomic mass is 16.7. The zero-order valence-corrected chi connectivity index (χ0v) is 17.2. The van der Waals surface area contributed by atoms with Crippen LogP contribution in [-0.4, -0.2) is 60.9 Å². The number of rotatable bonds is 4. The molecule has 1 amide bonds. The monoisotopic (exact) mass is 418 g/mol. The smallest absolute Gasteiger partial charge is 0.257 e. The highest BCUT2D eigenvalue weighted by Crippen LogP contribution is 2.35. The average Bonchev–Trinajstić information content (AvgIpc) is 3.32. The van der Waals surface area contributed by atoms with Gasteiger partial charge in [0.1, 0.15) is 5.75 Å². The van der Waals surface area contributed by atoms with E-state index in [1.807, 2.05) is 41.3 Å². The first kappa shape index (κ1) is 19.2. The molecule has 0 radical (unpaired) electrons. The SMILES string of the molecule is COc1ccccc1C(=O)N1CCN(c2nccc(-c3ccc4c(c3)OCO4)n2)CC1. The first-order valence-electron chi connectivity index (χ1n) is 10.1. The molecule has 0 atom stereocenters. The van der Waals surface area contributed by atoms with E-state index in [0.29, 0.717) is 43.4 Å². The summed E-state index contributed by atoms with van der Waals surface area (Å²) in [6, 6.07) is 15.0. The lowest BCUT2D eigenvalue weighted by atomic mass is 10.1. The molecule has 0 spiro atoms. The van der Waals surface area contributed by atoms with Gasteiger partial charge in [-0.1, -0.05) is 12.1 Å². The van der Waals surface area contributed by atoms with Gasteiger partial charge in [-0.05, 0) is 36.4 Å². The van der Waals surface area contributed by atoms with Crippen molar-refractivity contribution in [3.8, 4) is 28.5 Å². The van der Waals surface area contributed by atoms with Crippen molar-refractivity contribution in [1.82, 2.24) is 14.9 Å². The van der Waals surface area contributed by atoms with Crippen molar-refractivity contribution in [1.29, 1.82) is 0 Å². The Hall–Kier alpha value is -3.81. The van der Waals surface area contributed by atoms with E-state index in [2.05, 4.69) is 9.88 Å². The van der Waals surface area contributed by atoms with Crippen LogP contribution in [0, 0.1) is 0 Å². The number of piperazine rings is 1. The molecular weight excluding hydrogens is 396 g/mol. The Labute approximate surface area is 180 Å². The topological polar surface area (TPSA) is 77.0 Å². The Balaban J connectivity index is 1.29. The van der Waals surface area contributed by atoms with E-state index in [0.717, 1.165) is 22.8 Å². The summed E-state index contributed by atoms with van der Waals surface area (Å²) in [5, 5.41) is 0. The van der Waals surface area contributed by atoms with E-state index >= 15 is 0 Å². The van der Waals surface area contributed by atoms with Gasteiger partial charge in [-0.3, -0.25) is 4.79 Å². The van der Waals surface area contributed by atoms with Crippen molar-refractivity contribution in [3.63, 3.8) is 0 Å². The van der Waals surface area contributed by atoms with Crippen LogP contribution in [0.2, 0.25) is 0 Å².